The van der Waals surface area contributed by atoms with Crippen LogP contribution in [0.4, 0.5) is 0 Å². The lowest BCUT2D eigenvalue weighted by Crippen LogP contribution is -2.41. The molecule has 0 amide bonds. The van der Waals surface area contributed by atoms with Gasteiger partial charge in [0.2, 0.25) is 0 Å². The molecule has 2 rings (SSSR count). The smallest absolute Gasteiger partial charge is 0.0509 e. The van der Waals surface area contributed by atoms with Crippen LogP contribution >= 0.6 is 0 Å². The maximum absolute atomic E-state index is 5.46. The van der Waals surface area contributed by atoms with E-state index in [0.29, 0.717) is 0 Å². The van der Waals surface area contributed by atoms with Gasteiger partial charge in [0.25, 0.3) is 0 Å². The van der Waals surface area contributed by atoms with Crippen LogP contribution in [0.3, 0.4) is 0 Å². The molecule has 0 aliphatic carbocycles. The van der Waals surface area contributed by atoms with E-state index >= 15 is 0 Å². The first-order chi connectivity index (χ1) is 4.88. The lowest BCUT2D eigenvalue weighted by Gasteiger charge is -2.31. The molecule has 58 valence electrons. The van der Waals surface area contributed by atoms with Crippen LogP contribution in [0.25, 0.3) is 0 Å². The Hall–Kier alpha value is -0.0800. The molecule has 3 atom stereocenters. The molecular formula is C8H15NO. The highest BCUT2D eigenvalue weighted by molar-refractivity contribution is 4.89. The average molecular weight is 141 g/mol. The van der Waals surface area contributed by atoms with Crippen molar-refractivity contribution in [3.05, 3.63) is 0 Å². The Balaban J connectivity index is 2.03. The van der Waals surface area contributed by atoms with Gasteiger partial charge in [-0.25, -0.2) is 0 Å². The molecule has 0 aromatic heterocycles. The minimum absolute atomic E-state index is 0.723. The van der Waals surface area contributed by atoms with E-state index in [1.165, 1.54) is 13.0 Å². The Bertz CT molecular complexity index is 126. The van der Waals surface area contributed by atoms with Crippen molar-refractivity contribution in [3.63, 3.8) is 0 Å². The van der Waals surface area contributed by atoms with Crippen molar-refractivity contribution in [2.24, 2.45) is 11.8 Å². The minimum Gasteiger partial charge on any atom is -0.381 e. The standard InChI is InChI=1S/C8H15NO/c1-6-4-10-5-7-2-3-9-8(6)7/h6-9H,2-5H2,1H3. The fraction of sp³-hybridized carbons (Fsp3) is 1.00. The second-order valence-electron chi connectivity index (χ2n) is 3.54. The van der Waals surface area contributed by atoms with Gasteiger partial charge in [-0.3, -0.25) is 0 Å². The van der Waals surface area contributed by atoms with Crippen LogP contribution in [0.5, 0.6) is 0 Å². The number of hydrogen-bond donors (Lipinski definition) is 1. The molecule has 2 fully saturated rings. The van der Waals surface area contributed by atoms with E-state index in [2.05, 4.69) is 12.2 Å². The fourth-order valence-electron chi connectivity index (χ4n) is 2.14. The van der Waals surface area contributed by atoms with Gasteiger partial charge in [0.15, 0.2) is 0 Å². The van der Waals surface area contributed by atoms with Crippen LogP contribution in [0.15, 0.2) is 0 Å². The van der Waals surface area contributed by atoms with Gasteiger partial charge in [-0.2, -0.15) is 0 Å². The van der Waals surface area contributed by atoms with Crippen LogP contribution in [-0.4, -0.2) is 25.8 Å². The zero-order valence-corrected chi connectivity index (χ0v) is 6.47. The van der Waals surface area contributed by atoms with Crippen LogP contribution in [0.1, 0.15) is 13.3 Å². The summed E-state index contributed by atoms with van der Waals surface area (Å²) in [5.41, 5.74) is 0. The van der Waals surface area contributed by atoms with Gasteiger partial charge in [-0.1, -0.05) is 6.92 Å². The van der Waals surface area contributed by atoms with Gasteiger partial charge in [0, 0.05) is 6.04 Å². The van der Waals surface area contributed by atoms with E-state index in [0.717, 1.165) is 31.1 Å². The molecule has 2 aliphatic rings. The fourth-order valence-corrected chi connectivity index (χ4v) is 2.14. The maximum Gasteiger partial charge on any atom is 0.0509 e. The first-order valence-corrected chi connectivity index (χ1v) is 4.19. The molecule has 0 bridgehead atoms. The molecule has 0 saturated carbocycles. The molecular weight excluding hydrogens is 126 g/mol. The molecule has 0 spiro atoms. The van der Waals surface area contributed by atoms with Crippen LogP contribution in [-0.2, 0) is 4.74 Å². The van der Waals surface area contributed by atoms with Gasteiger partial charge in [0.1, 0.15) is 0 Å². The van der Waals surface area contributed by atoms with Crippen molar-refractivity contribution in [2.75, 3.05) is 19.8 Å². The molecule has 2 nitrogen and oxygen atoms in total. The molecule has 0 radical (unpaired) electrons. The van der Waals surface area contributed by atoms with Crippen LogP contribution < -0.4 is 5.32 Å². The summed E-state index contributed by atoms with van der Waals surface area (Å²) >= 11 is 0. The van der Waals surface area contributed by atoms with E-state index in [4.69, 9.17) is 4.74 Å². The summed E-state index contributed by atoms with van der Waals surface area (Å²) in [5.74, 6) is 1.53. The summed E-state index contributed by atoms with van der Waals surface area (Å²) in [7, 11) is 0. The highest BCUT2D eigenvalue weighted by Gasteiger charge is 2.34. The minimum atomic E-state index is 0.723. The van der Waals surface area contributed by atoms with Crippen molar-refractivity contribution >= 4 is 0 Å². The molecule has 2 saturated heterocycles. The Kier molecular flexibility index (Phi) is 1.66. The van der Waals surface area contributed by atoms with E-state index < -0.39 is 0 Å². The van der Waals surface area contributed by atoms with Gasteiger partial charge in [-0.05, 0) is 24.8 Å². The molecule has 2 heteroatoms. The normalized spacial score (nSPS) is 47.1. The van der Waals surface area contributed by atoms with E-state index in [1.54, 1.807) is 0 Å². The second-order valence-corrected chi connectivity index (χ2v) is 3.54. The highest BCUT2D eigenvalue weighted by Crippen LogP contribution is 2.26. The molecule has 2 heterocycles. The largest absolute Gasteiger partial charge is 0.381 e. The third kappa shape index (κ3) is 0.956. The third-order valence-electron chi connectivity index (χ3n) is 2.73. The Morgan fingerprint density at radius 1 is 1.40 bits per heavy atom. The summed E-state index contributed by atoms with van der Waals surface area (Å²) in [4.78, 5) is 0. The zero-order chi connectivity index (χ0) is 6.97. The zero-order valence-electron chi connectivity index (χ0n) is 6.47. The monoisotopic (exact) mass is 141 g/mol. The molecule has 3 unspecified atom stereocenters. The Morgan fingerprint density at radius 2 is 2.30 bits per heavy atom. The molecule has 2 aliphatic heterocycles. The van der Waals surface area contributed by atoms with Gasteiger partial charge >= 0.3 is 0 Å². The van der Waals surface area contributed by atoms with Crippen molar-refractivity contribution in [1.29, 1.82) is 0 Å². The van der Waals surface area contributed by atoms with E-state index in [1.807, 2.05) is 0 Å². The molecule has 10 heavy (non-hydrogen) atoms. The van der Waals surface area contributed by atoms with Gasteiger partial charge in [-0.15, -0.1) is 0 Å². The summed E-state index contributed by atoms with van der Waals surface area (Å²) in [5, 5.41) is 3.53. The van der Waals surface area contributed by atoms with Crippen LogP contribution in [0, 0.1) is 11.8 Å². The van der Waals surface area contributed by atoms with Gasteiger partial charge in [0.05, 0.1) is 13.2 Å². The number of nitrogens with one attached hydrogen (secondary N) is 1. The van der Waals surface area contributed by atoms with Crippen molar-refractivity contribution in [2.45, 2.75) is 19.4 Å². The average Bonchev–Trinajstić information content (AvgIpc) is 2.36. The van der Waals surface area contributed by atoms with Crippen molar-refractivity contribution in [3.8, 4) is 0 Å². The second kappa shape index (κ2) is 2.51. The molecule has 0 aromatic carbocycles. The predicted octanol–water partition coefficient (Wildman–Crippen LogP) is 0.631. The quantitative estimate of drug-likeness (QED) is 0.534. The summed E-state index contributed by atoms with van der Waals surface area (Å²) in [6.07, 6.45) is 1.31. The summed E-state index contributed by atoms with van der Waals surface area (Å²) in [6.45, 7) is 5.41. The topological polar surface area (TPSA) is 21.3 Å². The first kappa shape index (κ1) is 6.62. The number of hydrogen-bond acceptors (Lipinski definition) is 2. The lowest BCUT2D eigenvalue weighted by atomic mass is 9.90. The lowest BCUT2D eigenvalue weighted by molar-refractivity contribution is 0.0116. The number of ether oxygens (including phenoxy) is 1. The highest BCUT2D eigenvalue weighted by atomic mass is 16.5. The third-order valence-corrected chi connectivity index (χ3v) is 2.73. The van der Waals surface area contributed by atoms with Crippen LogP contribution in [0.2, 0.25) is 0 Å². The Labute approximate surface area is 61.9 Å². The number of rotatable bonds is 0. The molecule has 1 N–H and O–H groups in total. The van der Waals surface area contributed by atoms with Crippen molar-refractivity contribution < 1.29 is 4.74 Å². The summed E-state index contributed by atoms with van der Waals surface area (Å²) < 4.78 is 5.46. The van der Waals surface area contributed by atoms with E-state index in [9.17, 15) is 0 Å². The summed E-state index contributed by atoms with van der Waals surface area (Å²) in [6, 6.07) is 0.758. The SMILES string of the molecule is CC1COCC2CCNC12. The number of fused-ring (bicyclic) bond motifs is 1. The molecule has 0 aromatic rings. The maximum atomic E-state index is 5.46. The predicted molar refractivity (Wildman–Crippen MR) is 39.9 cm³/mol. The van der Waals surface area contributed by atoms with E-state index in [-0.39, 0.29) is 0 Å². The van der Waals surface area contributed by atoms with Gasteiger partial charge < -0.3 is 10.1 Å². The van der Waals surface area contributed by atoms with Crippen molar-refractivity contribution in [1.82, 2.24) is 5.32 Å². The first-order valence-electron chi connectivity index (χ1n) is 4.19. The Morgan fingerprint density at radius 3 is 3.10 bits per heavy atom.